The average Bonchev–Trinajstić information content (AvgIpc) is 3.14. The third-order valence-electron chi connectivity index (χ3n) is 10.2. The van der Waals surface area contributed by atoms with Crippen molar-refractivity contribution in [2.24, 2.45) is 5.92 Å². The number of alkyl carbamates (subject to hydrolysis) is 1. The lowest BCUT2D eigenvalue weighted by Gasteiger charge is -2.49. The van der Waals surface area contributed by atoms with Crippen LogP contribution in [0.2, 0.25) is 0 Å². The molecule has 1 saturated carbocycles. The maximum Gasteiger partial charge on any atom is 0.408 e. The smallest absolute Gasteiger partial charge is 0.408 e. The molecule has 2 amide bonds. The Kier molecular flexibility index (Phi) is 16.4. The van der Waals surface area contributed by atoms with E-state index in [4.69, 9.17) is 28.4 Å². The second-order valence-corrected chi connectivity index (χ2v) is 16.3. The third-order valence-corrected chi connectivity index (χ3v) is 10.2. The van der Waals surface area contributed by atoms with E-state index in [0.717, 1.165) is 0 Å². The molecule has 1 aromatic carbocycles. The van der Waals surface area contributed by atoms with Crippen LogP contribution in [-0.4, -0.2) is 129 Å². The fourth-order valence-electron chi connectivity index (χ4n) is 7.21. The molecule has 0 aromatic heterocycles. The fourth-order valence-corrected chi connectivity index (χ4v) is 7.21. The number of hydrogen-bond acceptors (Lipinski definition) is 16. The van der Waals surface area contributed by atoms with Crippen LogP contribution < -0.4 is 16.0 Å². The monoisotopic (exact) mass is 824 g/mol. The van der Waals surface area contributed by atoms with Crippen LogP contribution in [0.25, 0.3) is 0 Å². The van der Waals surface area contributed by atoms with E-state index in [2.05, 4.69) is 16.0 Å². The van der Waals surface area contributed by atoms with E-state index in [0.29, 0.717) is 17.7 Å². The Morgan fingerprint density at radius 3 is 2.34 bits per heavy atom. The second-order valence-electron chi connectivity index (χ2n) is 16.3. The summed E-state index contributed by atoms with van der Waals surface area (Å²) in [5.41, 5.74) is -1.80. The summed E-state index contributed by atoms with van der Waals surface area (Å²) in [5.74, 6) is -1.36. The first-order valence-corrected chi connectivity index (χ1v) is 19.6. The van der Waals surface area contributed by atoms with Crippen molar-refractivity contribution < 1.29 is 68.2 Å². The van der Waals surface area contributed by atoms with Gasteiger partial charge < -0.3 is 64.8 Å². The van der Waals surface area contributed by atoms with Gasteiger partial charge in [-0.2, -0.15) is 0 Å². The first kappa shape index (κ1) is 46.7. The van der Waals surface area contributed by atoms with Gasteiger partial charge in [-0.05, 0) is 83.7 Å². The van der Waals surface area contributed by atoms with Crippen molar-refractivity contribution >= 4 is 23.7 Å². The zero-order valence-electron chi connectivity index (χ0n) is 34.1. The van der Waals surface area contributed by atoms with Gasteiger partial charge in [0.25, 0.3) is 5.69 Å². The quantitative estimate of drug-likeness (QED) is 0.0712. The van der Waals surface area contributed by atoms with Gasteiger partial charge in [0.1, 0.15) is 42.2 Å². The molecular weight excluding hydrogens is 764 g/mol. The molecule has 4 rings (SSSR count). The number of amides is 2. The molecule has 1 unspecified atom stereocenters. The number of non-ortho nitro benzene ring substituents is 1. The number of nitrogens with zero attached hydrogens (tertiary/aromatic N) is 1. The van der Waals surface area contributed by atoms with Crippen molar-refractivity contribution in [2.45, 2.75) is 159 Å². The van der Waals surface area contributed by atoms with Crippen LogP contribution in [0, 0.1) is 16.0 Å². The highest BCUT2D eigenvalue weighted by atomic mass is 16.7. The first-order valence-electron chi connectivity index (χ1n) is 19.6. The van der Waals surface area contributed by atoms with Crippen LogP contribution in [-0.2, 0) is 44.6 Å². The molecule has 19 nitrogen and oxygen atoms in total. The zero-order chi connectivity index (χ0) is 42.9. The maximum absolute atomic E-state index is 13.0. The van der Waals surface area contributed by atoms with Crippen molar-refractivity contribution in [3.05, 3.63) is 51.8 Å². The van der Waals surface area contributed by atoms with Gasteiger partial charge in [0.2, 0.25) is 12.2 Å². The summed E-state index contributed by atoms with van der Waals surface area (Å²) in [6.07, 6.45) is -7.05. The molecule has 3 aliphatic rings. The van der Waals surface area contributed by atoms with E-state index in [1.807, 2.05) is 6.92 Å². The highest BCUT2D eigenvalue weighted by Crippen LogP contribution is 2.36. The summed E-state index contributed by atoms with van der Waals surface area (Å²) >= 11 is 0. The Labute approximate surface area is 337 Å². The van der Waals surface area contributed by atoms with Gasteiger partial charge in [-0.15, -0.1) is 0 Å². The molecular formula is C39H60N4O15. The fraction of sp³-hybridized carbons (Fsp3) is 0.718. The SMILES string of the molecule is CCC[C@H](O)C(=O)N[C@@H]1CC(C)[C@@H](O[C@H]2OC(CCC(=O)OCc3ccc([N+](=O)[O-])cc3)=CC[C@H]2NC(=O)OC(C)(C)C)[C@H](O)[C@H]1O[C@H]1OC[C@](C)(O)[C@H](NC)[C@H]1O. The Morgan fingerprint density at radius 1 is 1.05 bits per heavy atom. The van der Waals surface area contributed by atoms with Crippen molar-refractivity contribution in [1.29, 1.82) is 0 Å². The summed E-state index contributed by atoms with van der Waals surface area (Å²) in [7, 11) is 1.56. The molecule has 1 saturated heterocycles. The minimum Gasteiger partial charge on any atom is -0.467 e. The van der Waals surface area contributed by atoms with Crippen molar-refractivity contribution in [3.8, 4) is 0 Å². The van der Waals surface area contributed by atoms with E-state index in [9.17, 15) is 44.9 Å². The van der Waals surface area contributed by atoms with Crippen LogP contribution in [0.3, 0.4) is 0 Å². The van der Waals surface area contributed by atoms with Crippen LogP contribution in [0.5, 0.6) is 0 Å². The van der Waals surface area contributed by atoms with Gasteiger partial charge in [-0.3, -0.25) is 19.7 Å². The van der Waals surface area contributed by atoms with E-state index in [1.165, 1.54) is 31.2 Å². The molecule has 2 heterocycles. The van der Waals surface area contributed by atoms with Gasteiger partial charge in [0.05, 0.1) is 47.9 Å². The largest absolute Gasteiger partial charge is 0.467 e. The first-order chi connectivity index (χ1) is 27.2. The molecule has 0 bridgehead atoms. The molecule has 12 atom stereocenters. The number of nitro groups is 1. The van der Waals surface area contributed by atoms with Crippen LogP contribution in [0.1, 0.15) is 85.6 Å². The number of benzene rings is 1. The van der Waals surface area contributed by atoms with E-state index < -0.39 is 101 Å². The summed E-state index contributed by atoms with van der Waals surface area (Å²) in [6, 6.07) is 3.03. The van der Waals surface area contributed by atoms with Gasteiger partial charge >= 0.3 is 12.1 Å². The number of nitro benzene ring substituents is 1. The third kappa shape index (κ3) is 12.8. The lowest BCUT2D eigenvalue weighted by molar-refractivity contribution is -0.384. The summed E-state index contributed by atoms with van der Waals surface area (Å²) in [4.78, 5) is 49.1. The Bertz CT molecular complexity index is 1590. The number of likely N-dealkylation sites (N-methyl/N-ethyl adjacent to an activating group) is 1. The molecule has 1 aromatic rings. The minimum absolute atomic E-state index is 0.0883. The summed E-state index contributed by atoms with van der Waals surface area (Å²) < 4.78 is 35.5. The number of nitrogens with one attached hydrogen (secondary N) is 3. The number of aliphatic hydroxyl groups is 4. The molecule has 19 heteroatoms. The van der Waals surface area contributed by atoms with E-state index in [-0.39, 0.29) is 51.0 Å². The number of esters is 1. The van der Waals surface area contributed by atoms with Crippen molar-refractivity contribution in [2.75, 3.05) is 13.7 Å². The predicted molar refractivity (Wildman–Crippen MR) is 204 cm³/mol. The van der Waals surface area contributed by atoms with Crippen LogP contribution >= 0.6 is 0 Å². The average molecular weight is 825 g/mol. The number of allylic oxidation sites excluding steroid dienone is 1. The van der Waals surface area contributed by atoms with Gasteiger partial charge in [-0.1, -0.05) is 20.3 Å². The number of hydrogen-bond donors (Lipinski definition) is 7. The van der Waals surface area contributed by atoms with Gasteiger partial charge in [0, 0.05) is 18.6 Å². The number of aliphatic hydroxyl groups excluding tert-OH is 3. The maximum atomic E-state index is 13.0. The summed E-state index contributed by atoms with van der Waals surface area (Å²) in [6.45, 7) is 9.90. The molecule has 7 N–H and O–H groups in total. The predicted octanol–water partition coefficient (Wildman–Crippen LogP) is 1.81. The number of ether oxygens (including phenoxy) is 6. The van der Waals surface area contributed by atoms with Gasteiger partial charge in [-0.25, -0.2) is 4.79 Å². The van der Waals surface area contributed by atoms with Crippen LogP contribution in [0.15, 0.2) is 36.1 Å². The van der Waals surface area contributed by atoms with E-state index >= 15 is 0 Å². The minimum atomic E-state index is -1.50. The highest BCUT2D eigenvalue weighted by Gasteiger charge is 2.52. The Morgan fingerprint density at radius 2 is 1.72 bits per heavy atom. The van der Waals surface area contributed by atoms with Crippen LogP contribution in [0.4, 0.5) is 10.5 Å². The Balaban J connectivity index is 1.52. The number of rotatable bonds is 16. The molecule has 2 aliphatic heterocycles. The Hall–Kier alpha value is -3.95. The normalized spacial score (nSPS) is 31.9. The zero-order valence-corrected chi connectivity index (χ0v) is 34.1. The molecule has 0 radical (unpaired) electrons. The molecule has 1 aliphatic carbocycles. The van der Waals surface area contributed by atoms with Gasteiger partial charge in [0.15, 0.2) is 6.29 Å². The second kappa shape index (κ2) is 20.3. The number of carbonyl (C=O) groups is 3. The lowest BCUT2D eigenvalue weighted by atomic mass is 9.79. The van der Waals surface area contributed by atoms with Crippen molar-refractivity contribution in [3.63, 3.8) is 0 Å². The standard InChI is InChI=1S/C39H60N4O15/c1-8-9-27(44)34(48)41-26-18-21(2)31(29(46)32(26)57-36-30(47)33(40-7)39(6,50)20-54-36)56-35-25(42-37(49)58-38(3,4)5)16-14-24(55-35)15-17-28(45)53-19-22-10-12-23(13-11-22)43(51)52/h10-14,21,25-27,29-33,35-36,40,44,46-47,50H,8-9,15-20H2,1-7H3,(H,41,48)(H,42,49)/t21?,25-,26-,27+,29+,30-,31-,32+,33-,35-,36-,39+/m1/s1. The lowest BCUT2D eigenvalue weighted by Crippen LogP contribution is -2.68. The van der Waals surface area contributed by atoms with E-state index in [1.54, 1.807) is 40.8 Å². The van der Waals surface area contributed by atoms with Crippen molar-refractivity contribution in [1.82, 2.24) is 16.0 Å². The molecule has 0 spiro atoms. The number of carbonyl (C=O) groups excluding carboxylic acids is 3. The molecule has 326 valence electrons. The topological polar surface area (TPSA) is 267 Å². The molecule has 2 fully saturated rings. The summed E-state index contributed by atoms with van der Waals surface area (Å²) in [5, 5.41) is 63.8. The highest BCUT2D eigenvalue weighted by molar-refractivity contribution is 5.80. The molecule has 58 heavy (non-hydrogen) atoms.